The van der Waals surface area contributed by atoms with Crippen LogP contribution in [0, 0.1) is 0 Å². The summed E-state index contributed by atoms with van der Waals surface area (Å²) in [6, 6.07) is 8.05. The first-order valence-corrected chi connectivity index (χ1v) is 7.84. The van der Waals surface area contributed by atoms with E-state index < -0.39 is 11.6 Å². The smallest absolute Gasteiger partial charge is 0.303 e. The predicted octanol–water partition coefficient (Wildman–Crippen LogP) is 3.20. The highest BCUT2D eigenvalue weighted by Crippen LogP contribution is 2.28. The van der Waals surface area contributed by atoms with Crippen molar-refractivity contribution in [1.29, 1.82) is 0 Å². The van der Waals surface area contributed by atoms with Crippen molar-refractivity contribution in [3.05, 3.63) is 29.8 Å². The lowest BCUT2D eigenvalue weighted by Crippen LogP contribution is -2.38. The third kappa shape index (κ3) is 5.38. The van der Waals surface area contributed by atoms with E-state index >= 15 is 0 Å². The second kappa shape index (κ2) is 7.46. The monoisotopic (exact) mass is 291 g/mol. The lowest BCUT2D eigenvalue weighted by Gasteiger charge is -2.32. The molecule has 4 nitrogen and oxygen atoms in total. The normalized spacial score (nSPS) is 17.4. The van der Waals surface area contributed by atoms with Gasteiger partial charge in [0.2, 0.25) is 0 Å². The van der Waals surface area contributed by atoms with E-state index in [4.69, 9.17) is 5.11 Å². The molecule has 0 aromatic heterocycles. The van der Waals surface area contributed by atoms with E-state index in [9.17, 15) is 9.90 Å². The molecule has 0 saturated heterocycles. The van der Waals surface area contributed by atoms with Gasteiger partial charge < -0.3 is 15.5 Å². The van der Waals surface area contributed by atoms with Gasteiger partial charge >= 0.3 is 5.97 Å². The molecule has 0 unspecified atom stereocenters. The Morgan fingerprint density at radius 2 is 1.81 bits per heavy atom. The molecular formula is C17H25NO3. The summed E-state index contributed by atoms with van der Waals surface area (Å²) >= 11 is 0. The van der Waals surface area contributed by atoms with Crippen LogP contribution in [0.4, 0.5) is 5.69 Å². The van der Waals surface area contributed by atoms with Crippen molar-refractivity contribution in [2.75, 3.05) is 11.9 Å². The summed E-state index contributed by atoms with van der Waals surface area (Å²) in [7, 11) is 0. The highest BCUT2D eigenvalue weighted by Gasteiger charge is 2.28. The lowest BCUT2D eigenvalue weighted by atomic mass is 9.85. The molecule has 1 aliphatic carbocycles. The van der Waals surface area contributed by atoms with Crippen molar-refractivity contribution < 1.29 is 15.0 Å². The summed E-state index contributed by atoms with van der Waals surface area (Å²) in [4.78, 5) is 10.5. The first-order valence-electron chi connectivity index (χ1n) is 7.84. The molecule has 0 heterocycles. The number of rotatable bonds is 7. The SMILES string of the molecule is O=C(O)CCCc1ccc(NCC2(O)CCCCC2)cc1. The van der Waals surface area contributed by atoms with E-state index in [0.29, 0.717) is 13.0 Å². The molecular weight excluding hydrogens is 266 g/mol. The molecule has 1 aromatic rings. The van der Waals surface area contributed by atoms with Crippen LogP contribution in [-0.2, 0) is 11.2 Å². The van der Waals surface area contributed by atoms with Crippen LogP contribution in [0.25, 0.3) is 0 Å². The zero-order chi connectivity index (χ0) is 15.1. The number of carboxylic acids is 1. The highest BCUT2D eigenvalue weighted by atomic mass is 16.4. The molecule has 0 bridgehead atoms. The topological polar surface area (TPSA) is 69.6 Å². The maximum atomic E-state index is 10.5. The summed E-state index contributed by atoms with van der Waals surface area (Å²) in [5.74, 6) is -0.742. The third-order valence-corrected chi connectivity index (χ3v) is 4.22. The Kier molecular flexibility index (Phi) is 5.62. The number of aliphatic carboxylic acids is 1. The van der Waals surface area contributed by atoms with Gasteiger partial charge in [0.1, 0.15) is 0 Å². The molecule has 1 saturated carbocycles. The number of benzene rings is 1. The number of aryl methyl sites for hydroxylation is 1. The molecule has 4 heteroatoms. The van der Waals surface area contributed by atoms with Crippen LogP contribution >= 0.6 is 0 Å². The van der Waals surface area contributed by atoms with Crippen LogP contribution in [0.3, 0.4) is 0 Å². The number of nitrogens with one attached hydrogen (secondary N) is 1. The molecule has 0 atom stereocenters. The van der Waals surface area contributed by atoms with Gasteiger partial charge in [-0.25, -0.2) is 0 Å². The van der Waals surface area contributed by atoms with E-state index in [2.05, 4.69) is 5.32 Å². The molecule has 3 N–H and O–H groups in total. The van der Waals surface area contributed by atoms with Gasteiger partial charge in [0.25, 0.3) is 0 Å². The zero-order valence-corrected chi connectivity index (χ0v) is 12.5. The fraction of sp³-hybridized carbons (Fsp3) is 0.588. The molecule has 0 aliphatic heterocycles. The zero-order valence-electron chi connectivity index (χ0n) is 12.5. The maximum Gasteiger partial charge on any atom is 0.303 e. The standard InChI is InChI=1S/C17H25NO3/c19-16(20)6-4-5-14-7-9-15(10-8-14)18-13-17(21)11-2-1-3-12-17/h7-10,18,21H,1-6,11-13H2,(H,19,20). The Balaban J connectivity index is 1.77. The van der Waals surface area contributed by atoms with Crippen LogP contribution in [0.2, 0.25) is 0 Å². The van der Waals surface area contributed by atoms with Crippen molar-refractivity contribution in [2.45, 2.75) is 57.0 Å². The molecule has 116 valence electrons. The van der Waals surface area contributed by atoms with Gasteiger partial charge in [-0.1, -0.05) is 31.4 Å². The van der Waals surface area contributed by atoms with Crippen LogP contribution < -0.4 is 5.32 Å². The summed E-state index contributed by atoms with van der Waals surface area (Å²) in [6.45, 7) is 0.603. The Bertz CT molecular complexity index is 450. The van der Waals surface area contributed by atoms with Gasteiger partial charge in [-0.2, -0.15) is 0 Å². The summed E-state index contributed by atoms with van der Waals surface area (Å²) in [5, 5.41) is 22.4. The lowest BCUT2D eigenvalue weighted by molar-refractivity contribution is -0.137. The van der Waals surface area contributed by atoms with E-state index in [1.165, 1.54) is 6.42 Å². The van der Waals surface area contributed by atoms with Crippen molar-refractivity contribution in [3.8, 4) is 0 Å². The number of anilines is 1. The first kappa shape index (κ1) is 15.8. The predicted molar refractivity (Wildman–Crippen MR) is 83.5 cm³/mol. The van der Waals surface area contributed by atoms with Gasteiger partial charge in [-0.3, -0.25) is 4.79 Å². The Morgan fingerprint density at radius 1 is 1.14 bits per heavy atom. The van der Waals surface area contributed by atoms with Gasteiger partial charge in [0.05, 0.1) is 5.60 Å². The summed E-state index contributed by atoms with van der Waals surface area (Å²) in [5.41, 5.74) is 1.60. The minimum atomic E-state index is -0.742. The largest absolute Gasteiger partial charge is 0.481 e. The summed E-state index contributed by atoms with van der Waals surface area (Å²) < 4.78 is 0. The quantitative estimate of drug-likeness (QED) is 0.721. The number of hydrogen-bond acceptors (Lipinski definition) is 3. The molecule has 0 spiro atoms. The van der Waals surface area contributed by atoms with Crippen molar-refractivity contribution >= 4 is 11.7 Å². The molecule has 1 aromatic carbocycles. The third-order valence-electron chi connectivity index (χ3n) is 4.22. The minimum Gasteiger partial charge on any atom is -0.481 e. The van der Waals surface area contributed by atoms with Gasteiger partial charge in [0.15, 0.2) is 0 Å². The van der Waals surface area contributed by atoms with Gasteiger partial charge in [0, 0.05) is 18.7 Å². The van der Waals surface area contributed by atoms with Crippen molar-refractivity contribution in [1.82, 2.24) is 0 Å². The Labute approximate surface area is 126 Å². The molecule has 21 heavy (non-hydrogen) atoms. The van der Waals surface area contributed by atoms with Gasteiger partial charge in [-0.05, 0) is 43.4 Å². The van der Waals surface area contributed by atoms with E-state index in [-0.39, 0.29) is 6.42 Å². The number of aliphatic hydroxyl groups is 1. The highest BCUT2D eigenvalue weighted by molar-refractivity contribution is 5.66. The number of carbonyl (C=O) groups is 1. The van der Waals surface area contributed by atoms with E-state index in [1.807, 2.05) is 24.3 Å². The summed E-state index contributed by atoms with van der Waals surface area (Å²) in [6.07, 6.45) is 6.89. The van der Waals surface area contributed by atoms with Crippen molar-refractivity contribution in [2.24, 2.45) is 0 Å². The van der Waals surface area contributed by atoms with Crippen LogP contribution in [-0.4, -0.2) is 28.3 Å². The number of carboxylic acid groups (broad SMARTS) is 1. The molecule has 0 radical (unpaired) electrons. The van der Waals surface area contributed by atoms with Crippen LogP contribution in [0.15, 0.2) is 24.3 Å². The van der Waals surface area contributed by atoms with E-state index in [1.54, 1.807) is 0 Å². The van der Waals surface area contributed by atoms with Crippen LogP contribution in [0.1, 0.15) is 50.5 Å². The molecule has 0 amide bonds. The fourth-order valence-electron chi connectivity index (χ4n) is 2.89. The molecule has 1 aliphatic rings. The fourth-order valence-corrected chi connectivity index (χ4v) is 2.89. The average molecular weight is 291 g/mol. The molecule has 2 rings (SSSR count). The number of hydrogen-bond donors (Lipinski definition) is 3. The van der Waals surface area contributed by atoms with E-state index in [0.717, 1.165) is 43.4 Å². The second-order valence-electron chi connectivity index (χ2n) is 6.08. The van der Waals surface area contributed by atoms with Crippen LogP contribution in [0.5, 0.6) is 0 Å². The maximum absolute atomic E-state index is 10.5. The average Bonchev–Trinajstić information content (AvgIpc) is 2.47. The molecule has 1 fully saturated rings. The second-order valence-corrected chi connectivity index (χ2v) is 6.08. The minimum absolute atomic E-state index is 0.215. The van der Waals surface area contributed by atoms with Gasteiger partial charge in [-0.15, -0.1) is 0 Å². The first-order chi connectivity index (χ1) is 10.1. The van der Waals surface area contributed by atoms with Crippen molar-refractivity contribution in [3.63, 3.8) is 0 Å². The Hall–Kier alpha value is -1.55. The Morgan fingerprint density at radius 3 is 2.43 bits per heavy atom.